The summed E-state index contributed by atoms with van der Waals surface area (Å²) < 4.78 is 11.7. The van der Waals surface area contributed by atoms with Crippen molar-refractivity contribution >= 4 is 18.1 Å². The van der Waals surface area contributed by atoms with E-state index in [1.54, 1.807) is 0 Å². The van der Waals surface area contributed by atoms with Gasteiger partial charge in [0.15, 0.2) is 6.10 Å². The van der Waals surface area contributed by atoms with Gasteiger partial charge in [-0.25, -0.2) is 4.79 Å². The normalized spacial score (nSPS) is 14.4. The quantitative estimate of drug-likeness (QED) is 0.667. The van der Waals surface area contributed by atoms with Gasteiger partial charge in [0.1, 0.15) is 5.75 Å². The lowest BCUT2D eigenvalue weighted by atomic mass is 9.86. The number of rotatable bonds is 6. The van der Waals surface area contributed by atoms with Crippen LogP contribution < -0.4 is 10.1 Å². The van der Waals surface area contributed by atoms with Crippen LogP contribution in [0.4, 0.5) is 5.69 Å². The second-order valence-corrected chi connectivity index (χ2v) is 8.64. The van der Waals surface area contributed by atoms with Crippen molar-refractivity contribution in [2.45, 2.75) is 59.2 Å². The van der Waals surface area contributed by atoms with Crippen LogP contribution in [0.15, 0.2) is 24.3 Å². The van der Waals surface area contributed by atoms with Gasteiger partial charge in [-0.15, -0.1) is 0 Å². The molecule has 0 saturated carbocycles. The molecule has 6 nitrogen and oxygen atoms in total. The molecule has 160 valence electrons. The van der Waals surface area contributed by atoms with Gasteiger partial charge in [-0.1, -0.05) is 6.07 Å². The number of aliphatic carboxylic acids is 1. The Labute approximate surface area is 177 Å². The molecule has 30 heavy (non-hydrogen) atoms. The third-order valence-corrected chi connectivity index (χ3v) is 5.20. The van der Waals surface area contributed by atoms with Crippen LogP contribution in [0.5, 0.6) is 5.75 Å². The third kappa shape index (κ3) is 4.49. The number of carbonyl (C=O) groups is 2. The minimum Gasteiger partial charge on any atom is -0.493 e. The second kappa shape index (κ2) is 8.48. The summed E-state index contributed by atoms with van der Waals surface area (Å²) in [5.74, 6) is -0.195. The van der Waals surface area contributed by atoms with Gasteiger partial charge in [0.05, 0.1) is 12.2 Å². The maximum absolute atomic E-state index is 12.3. The molecule has 1 aliphatic rings. The lowest BCUT2D eigenvalue weighted by Gasteiger charge is -2.29. The van der Waals surface area contributed by atoms with E-state index >= 15 is 0 Å². The van der Waals surface area contributed by atoms with Gasteiger partial charge >= 0.3 is 5.97 Å². The average molecular weight is 411 g/mol. The summed E-state index contributed by atoms with van der Waals surface area (Å²) in [6.45, 7) is 9.92. The molecular formula is C24H29NO5. The summed E-state index contributed by atoms with van der Waals surface area (Å²) in [5.41, 5.74) is 4.84. The van der Waals surface area contributed by atoms with Crippen LogP contribution in [-0.2, 0) is 20.7 Å². The number of ether oxygens (including phenoxy) is 2. The van der Waals surface area contributed by atoms with E-state index in [1.165, 1.54) is 0 Å². The van der Waals surface area contributed by atoms with E-state index in [0.29, 0.717) is 29.8 Å². The van der Waals surface area contributed by atoms with E-state index in [-0.39, 0.29) is 0 Å². The van der Waals surface area contributed by atoms with Crippen molar-refractivity contribution < 1.29 is 24.2 Å². The first-order valence-corrected chi connectivity index (χ1v) is 10.1. The molecule has 2 aromatic carbocycles. The van der Waals surface area contributed by atoms with Gasteiger partial charge in [-0.05, 0) is 93.5 Å². The molecule has 1 aliphatic heterocycles. The highest BCUT2D eigenvalue weighted by Crippen LogP contribution is 2.42. The maximum Gasteiger partial charge on any atom is 0.337 e. The Bertz CT molecular complexity index is 975. The molecule has 0 fully saturated rings. The number of amides is 1. The highest BCUT2D eigenvalue weighted by molar-refractivity contribution is 5.87. The number of anilines is 1. The van der Waals surface area contributed by atoms with Crippen molar-refractivity contribution in [2.75, 3.05) is 11.9 Å². The summed E-state index contributed by atoms with van der Waals surface area (Å²) in [6.07, 6.45) is 1.29. The molecule has 3 rings (SSSR count). The summed E-state index contributed by atoms with van der Waals surface area (Å²) in [5, 5.41) is 12.7. The monoisotopic (exact) mass is 411 g/mol. The first kappa shape index (κ1) is 21.8. The number of carbonyl (C=O) groups excluding carboxylic acids is 1. The molecule has 1 heterocycles. The Hall–Kier alpha value is -2.86. The number of hydrogen-bond donors (Lipinski definition) is 2. The van der Waals surface area contributed by atoms with Crippen molar-refractivity contribution in [3.8, 4) is 16.9 Å². The molecule has 1 atom stereocenters. The number of carboxylic acids is 1. The number of hydrogen-bond acceptors (Lipinski definition) is 4. The van der Waals surface area contributed by atoms with Crippen LogP contribution in [0.25, 0.3) is 11.1 Å². The third-order valence-electron chi connectivity index (χ3n) is 5.20. The molecule has 2 aromatic rings. The van der Waals surface area contributed by atoms with Crippen LogP contribution in [0.2, 0.25) is 0 Å². The number of carboxylic acid groups (broad SMARTS) is 1. The summed E-state index contributed by atoms with van der Waals surface area (Å²) in [7, 11) is 0. The van der Waals surface area contributed by atoms with E-state index in [9.17, 15) is 14.7 Å². The number of nitrogens with one attached hydrogen (secondary N) is 1. The van der Waals surface area contributed by atoms with E-state index in [1.807, 2.05) is 52.8 Å². The van der Waals surface area contributed by atoms with Gasteiger partial charge in [-0.3, -0.25) is 4.79 Å². The van der Waals surface area contributed by atoms with E-state index in [4.69, 9.17) is 9.47 Å². The van der Waals surface area contributed by atoms with Crippen LogP contribution in [0, 0.1) is 13.8 Å². The van der Waals surface area contributed by atoms with E-state index in [2.05, 4.69) is 11.4 Å². The Morgan fingerprint density at radius 2 is 2.00 bits per heavy atom. The smallest absolute Gasteiger partial charge is 0.337 e. The molecule has 0 aromatic heterocycles. The number of benzene rings is 2. The minimum absolute atomic E-state index is 0.554. The zero-order chi connectivity index (χ0) is 22.1. The molecule has 6 heteroatoms. The predicted molar refractivity (Wildman–Crippen MR) is 116 cm³/mol. The number of aryl methyl sites for hydroxylation is 2. The highest BCUT2D eigenvalue weighted by Gasteiger charge is 2.32. The van der Waals surface area contributed by atoms with Gasteiger partial charge in [0, 0.05) is 11.3 Å². The SMILES string of the molecule is Cc1cc(NC=O)c(C)c(C(OC(C)(C)C)C(=O)O)c1-c1ccc2c(c1)CCCO2. The zero-order valence-corrected chi connectivity index (χ0v) is 18.2. The average Bonchev–Trinajstić information content (AvgIpc) is 2.67. The van der Waals surface area contributed by atoms with Gasteiger partial charge in [0.25, 0.3) is 0 Å². The first-order valence-electron chi connectivity index (χ1n) is 10.1. The van der Waals surface area contributed by atoms with Crippen molar-refractivity contribution in [2.24, 2.45) is 0 Å². The topological polar surface area (TPSA) is 84.9 Å². The standard InChI is InChI=1S/C24H29NO5/c1-14-11-18(25-13-26)15(2)21(22(23(27)28)30-24(3,4)5)20(14)17-8-9-19-16(12-17)7-6-10-29-19/h8-9,11-13,22H,6-7,10H2,1-5H3,(H,25,26)(H,27,28). The fraction of sp³-hybridized carbons (Fsp3) is 0.417. The molecule has 0 saturated heterocycles. The predicted octanol–water partition coefficient (Wildman–Crippen LogP) is 4.80. The largest absolute Gasteiger partial charge is 0.493 e. The molecule has 1 unspecified atom stereocenters. The van der Waals surface area contributed by atoms with Crippen LogP contribution in [-0.4, -0.2) is 29.7 Å². The van der Waals surface area contributed by atoms with Gasteiger partial charge in [-0.2, -0.15) is 0 Å². The number of fused-ring (bicyclic) bond motifs is 1. The molecule has 0 aliphatic carbocycles. The maximum atomic E-state index is 12.3. The Morgan fingerprint density at radius 3 is 2.63 bits per heavy atom. The lowest BCUT2D eigenvalue weighted by molar-refractivity contribution is -0.160. The zero-order valence-electron chi connectivity index (χ0n) is 18.2. The van der Waals surface area contributed by atoms with Crippen LogP contribution in [0.3, 0.4) is 0 Å². The van der Waals surface area contributed by atoms with Gasteiger partial charge in [0.2, 0.25) is 6.41 Å². The summed E-state index contributed by atoms with van der Waals surface area (Å²) >= 11 is 0. The van der Waals surface area contributed by atoms with Crippen LogP contribution in [0.1, 0.15) is 55.5 Å². The van der Waals surface area contributed by atoms with Gasteiger partial charge < -0.3 is 19.9 Å². The Morgan fingerprint density at radius 1 is 1.27 bits per heavy atom. The fourth-order valence-corrected chi connectivity index (χ4v) is 3.97. The van der Waals surface area contributed by atoms with E-state index < -0.39 is 17.7 Å². The van der Waals surface area contributed by atoms with Crippen molar-refractivity contribution in [3.05, 3.63) is 46.5 Å². The molecule has 2 N–H and O–H groups in total. The highest BCUT2D eigenvalue weighted by atomic mass is 16.5. The van der Waals surface area contributed by atoms with Crippen LogP contribution >= 0.6 is 0 Å². The molecular weight excluding hydrogens is 382 g/mol. The van der Waals surface area contributed by atoms with Crippen molar-refractivity contribution in [1.29, 1.82) is 0 Å². The lowest BCUT2D eigenvalue weighted by Crippen LogP contribution is -2.28. The molecule has 0 bridgehead atoms. The fourth-order valence-electron chi connectivity index (χ4n) is 3.97. The van der Waals surface area contributed by atoms with E-state index in [0.717, 1.165) is 40.8 Å². The van der Waals surface area contributed by atoms with Crippen molar-refractivity contribution in [3.63, 3.8) is 0 Å². The minimum atomic E-state index is -1.18. The molecule has 1 amide bonds. The van der Waals surface area contributed by atoms with Crippen molar-refractivity contribution in [1.82, 2.24) is 0 Å². The summed E-state index contributed by atoms with van der Waals surface area (Å²) in [6, 6.07) is 7.84. The Kier molecular flexibility index (Phi) is 6.17. The summed E-state index contributed by atoms with van der Waals surface area (Å²) in [4.78, 5) is 23.4. The Balaban J connectivity index is 2.27. The second-order valence-electron chi connectivity index (χ2n) is 8.64. The molecule has 0 spiro atoms. The molecule has 0 radical (unpaired) electrons. The first-order chi connectivity index (χ1) is 14.1.